The van der Waals surface area contributed by atoms with E-state index in [1.165, 1.54) is 11.3 Å². The molecule has 0 aliphatic rings. The maximum atomic E-state index is 12.6. The van der Waals surface area contributed by atoms with E-state index in [0.717, 1.165) is 24.3 Å². The average Bonchev–Trinajstić information content (AvgIpc) is 2.96. The highest BCUT2D eigenvalue weighted by molar-refractivity contribution is 6.02. The number of ketones is 1. The number of hydrogen-bond donors (Lipinski definition) is 2. The lowest BCUT2D eigenvalue weighted by Gasteiger charge is -2.25. The smallest absolute Gasteiger partial charge is 0.268 e. The van der Waals surface area contributed by atoms with E-state index in [0.29, 0.717) is 24.2 Å². The molecule has 0 unspecified atom stereocenters. The van der Waals surface area contributed by atoms with Crippen molar-refractivity contribution in [2.45, 2.75) is 41.0 Å². The van der Waals surface area contributed by atoms with Crippen molar-refractivity contribution < 1.29 is 9.59 Å². The molecule has 1 amide bonds. The van der Waals surface area contributed by atoms with Gasteiger partial charge in [0.15, 0.2) is 5.78 Å². The molecule has 2 rings (SSSR count). The quantitative estimate of drug-likeness (QED) is 0.710. The van der Waals surface area contributed by atoms with E-state index in [1.807, 2.05) is 26.0 Å². The molecule has 0 aliphatic carbocycles. The fraction of sp³-hybridized carbons (Fsp3) is 0.429. The number of aromatic amines is 1. The van der Waals surface area contributed by atoms with Crippen molar-refractivity contribution in [3.8, 4) is 0 Å². The largest absolute Gasteiger partial charge is 0.370 e. The van der Waals surface area contributed by atoms with Crippen molar-refractivity contribution >= 4 is 17.4 Å². The minimum atomic E-state index is -0.154. The number of aryl methyl sites for hydroxylation is 2. The van der Waals surface area contributed by atoms with Crippen LogP contribution in [0.25, 0.3) is 0 Å². The summed E-state index contributed by atoms with van der Waals surface area (Å²) in [4.78, 5) is 29.8. The fourth-order valence-corrected chi connectivity index (χ4v) is 3.46. The van der Waals surface area contributed by atoms with Gasteiger partial charge in [-0.1, -0.05) is 25.1 Å². The average molecular weight is 355 g/mol. The van der Waals surface area contributed by atoms with Gasteiger partial charge in [-0.25, -0.2) is 0 Å². The number of H-pyrrole nitrogens is 1. The molecule has 0 saturated heterocycles. The highest BCUT2D eigenvalue weighted by Gasteiger charge is 2.21. The number of aromatic nitrogens is 1. The number of carbonyl (C=O) groups is 2. The number of nitrogens with zero attached hydrogens (tertiary/aromatic N) is 1. The molecule has 2 aromatic rings. The molecule has 140 valence electrons. The fourth-order valence-electron chi connectivity index (χ4n) is 3.46. The predicted molar refractivity (Wildman–Crippen MR) is 106 cm³/mol. The molecule has 0 bridgehead atoms. The van der Waals surface area contributed by atoms with E-state index in [2.05, 4.69) is 41.2 Å². The van der Waals surface area contributed by atoms with Gasteiger partial charge in [-0.3, -0.25) is 9.59 Å². The Labute approximate surface area is 155 Å². The Morgan fingerprint density at radius 3 is 2.42 bits per heavy atom. The maximum absolute atomic E-state index is 12.6. The second-order valence-corrected chi connectivity index (χ2v) is 6.51. The number of amides is 1. The van der Waals surface area contributed by atoms with Gasteiger partial charge in [-0.15, -0.1) is 0 Å². The number of nitrogens with one attached hydrogen (secondary N) is 2. The maximum Gasteiger partial charge on any atom is 0.268 e. The molecule has 0 spiro atoms. The molecular formula is C21H29N3O2. The lowest BCUT2D eigenvalue weighted by molar-refractivity contribution is 0.0949. The zero-order valence-electron chi connectivity index (χ0n) is 16.4. The molecule has 5 nitrogen and oxygen atoms in total. The summed E-state index contributed by atoms with van der Waals surface area (Å²) < 4.78 is 0. The van der Waals surface area contributed by atoms with Gasteiger partial charge in [-0.2, -0.15) is 0 Å². The molecule has 0 radical (unpaired) electrons. The van der Waals surface area contributed by atoms with E-state index >= 15 is 0 Å². The van der Waals surface area contributed by atoms with Crippen LogP contribution in [0.1, 0.15) is 58.4 Å². The molecule has 5 heteroatoms. The van der Waals surface area contributed by atoms with Crippen molar-refractivity contribution in [2.24, 2.45) is 0 Å². The van der Waals surface area contributed by atoms with E-state index in [4.69, 9.17) is 0 Å². The Kier molecular flexibility index (Phi) is 6.61. The first-order valence-corrected chi connectivity index (χ1v) is 9.21. The Bertz CT molecular complexity index is 793. The Balaban J connectivity index is 2.06. The molecule has 0 fully saturated rings. The molecule has 1 heterocycles. The third-order valence-corrected chi connectivity index (χ3v) is 4.73. The van der Waals surface area contributed by atoms with Crippen molar-refractivity contribution in [1.29, 1.82) is 0 Å². The summed E-state index contributed by atoms with van der Waals surface area (Å²) in [6.07, 6.45) is 0.645. The van der Waals surface area contributed by atoms with Crippen LogP contribution >= 0.6 is 0 Å². The van der Waals surface area contributed by atoms with Crippen LogP contribution < -0.4 is 10.2 Å². The molecular weight excluding hydrogens is 326 g/mol. The summed E-state index contributed by atoms with van der Waals surface area (Å²) in [6, 6.07) is 8.25. The van der Waals surface area contributed by atoms with Gasteiger partial charge in [-0.05, 0) is 51.3 Å². The van der Waals surface area contributed by atoms with Crippen LogP contribution in [0.5, 0.6) is 0 Å². The van der Waals surface area contributed by atoms with E-state index in [-0.39, 0.29) is 11.7 Å². The summed E-state index contributed by atoms with van der Waals surface area (Å²) in [5, 5.41) is 2.98. The number of benzene rings is 1. The van der Waals surface area contributed by atoms with Gasteiger partial charge in [0.25, 0.3) is 5.91 Å². The first-order chi connectivity index (χ1) is 12.4. The third-order valence-electron chi connectivity index (χ3n) is 4.73. The lowest BCUT2D eigenvalue weighted by atomic mass is 10.0. The Morgan fingerprint density at radius 1 is 1.15 bits per heavy atom. The van der Waals surface area contributed by atoms with Gasteiger partial charge < -0.3 is 15.2 Å². The van der Waals surface area contributed by atoms with Gasteiger partial charge in [0.2, 0.25) is 0 Å². The van der Waals surface area contributed by atoms with Gasteiger partial charge in [0.05, 0.1) is 0 Å². The van der Waals surface area contributed by atoms with Crippen LogP contribution in [-0.2, 0) is 6.42 Å². The monoisotopic (exact) mass is 355 g/mol. The van der Waals surface area contributed by atoms with Crippen LogP contribution in [0, 0.1) is 13.8 Å². The predicted octanol–water partition coefficient (Wildman–Crippen LogP) is 3.65. The van der Waals surface area contributed by atoms with Crippen molar-refractivity contribution in [2.75, 3.05) is 24.5 Å². The van der Waals surface area contributed by atoms with Crippen LogP contribution in [0.4, 0.5) is 5.69 Å². The van der Waals surface area contributed by atoms with Gasteiger partial charge in [0.1, 0.15) is 5.69 Å². The van der Waals surface area contributed by atoms with Crippen LogP contribution in [0.2, 0.25) is 0 Å². The second-order valence-electron chi connectivity index (χ2n) is 6.51. The number of carbonyl (C=O) groups excluding carboxylic acids is 2. The molecule has 1 aromatic carbocycles. The summed E-state index contributed by atoms with van der Waals surface area (Å²) in [7, 11) is 0. The zero-order chi connectivity index (χ0) is 19.3. The number of rotatable bonds is 8. The number of hydrogen-bond acceptors (Lipinski definition) is 3. The highest BCUT2D eigenvalue weighted by atomic mass is 16.2. The molecule has 0 atom stereocenters. The van der Waals surface area contributed by atoms with E-state index in [1.54, 1.807) is 6.92 Å². The molecule has 26 heavy (non-hydrogen) atoms. The Morgan fingerprint density at radius 2 is 1.85 bits per heavy atom. The van der Waals surface area contributed by atoms with Crippen molar-refractivity contribution in [3.05, 3.63) is 52.3 Å². The van der Waals surface area contributed by atoms with Crippen molar-refractivity contribution in [3.63, 3.8) is 0 Å². The zero-order valence-corrected chi connectivity index (χ0v) is 16.4. The van der Waals surface area contributed by atoms with E-state index in [9.17, 15) is 9.59 Å². The first kappa shape index (κ1) is 19.8. The first-order valence-electron chi connectivity index (χ1n) is 9.21. The molecule has 0 saturated carbocycles. The second kappa shape index (κ2) is 8.70. The lowest BCUT2D eigenvalue weighted by Crippen LogP contribution is -2.35. The number of anilines is 1. The highest BCUT2D eigenvalue weighted by Crippen LogP contribution is 2.21. The minimum Gasteiger partial charge on any atom is -0.370 e. The Hall–Kier alpha value is -2.56. The number of likely N-dealkylation sites (N-methyl/N-ethyl adjacent to an activating group) is 1. The number of para-hydroxylation sites is 1. The minimum absolute atomic E-state index is 0.00800. The van der Waals surface area contributed by atoms with Crippen LogP contribution in [0.15, 0.2) is 24.3 Å². The summed E-state index contributed by atoms with van der Waals surface area (Å²) in [5.41, 5.74) is 5.13. The summed E-state index contributed by atoms with van der Waals surface area (Å²) in [6.45, 7) is 11.7. The van der Waals surface area contributed by atoms with Gasteiger partial charge >= 0.3 is 0 Å². The SMILES string of the molecule is CCc1c(C(=O)NCCN(CC)c2ccccc2C)[nH]c(C)c1C(C)=O. The molecule has 1 aromatic heterocycles. The summed E-state index contributed by atoms with van der Waals surface area (Å²) >= 11 is 0. The van der Waals surface area contributed by atoms with E-state index < -0.39 is 0 Å². The standard InChI is InChI=1S/C21H29N3O2/c1-6-17-19(16(5)25)15(4)23-20(17)21(26)22-12-13-24(7-2)18-11-9-8-10-14(18)3/h8-11,23H,6-7,12-13H2,1-5H3,(H,22,26). The summed E-state index contributed by atoms with van der Waals surface area (Å²) in [5.74, 6) is -0.162. The van der Waals surface area contributed by atoms with Crippen LogP contribution in [0.3, 0.4) is 0 Å². The molecule has 2 N–H and O–H groups in total. The topological polar surface area (TPSA) is 65.2 Å². The normalized spacial score (nSPS) is 10.7. The van der Waals surface area contributed by atoms with Crippen molar-refractivity contribution in [1.82, 2.24) is 10.3 Å². The third kappa shape index (κ3) is 4.15. The molecule has 0 aliphatic heterocycles. The van der Waals surface area contributed by atoms with Crippen LogP contribution in [-0.4, -0.2) is 36.3 Å². The van der Waals surface area contributed by atoms with Gasteiger partial charge in [0, 0.05) is 36.6 Å². The number of Topliss-reactive ketones (excluding diaryl/α,β-unsaturated/α-hetero) is 1.